The first-order valence-electron chi connectivity index (χ1n) is 9.66. The van der Waals surface area contributed by atoms with E-state index in [4.69, 9.17) is 4.74 Å². The second kappa shape index (κ2) is 7.37. The van der Waals surface area contributed by atoms with Crippen molar-refractivity contribution in [3.05, 3.63) is 42.4 Å². The van der Waals surface area contributed by atoms with Crippen LogP contribution < -0.4 is 4.74 Å². The van der Waals surface area contributed by atoms with Gasteiger partial charge in [-0.25, -0.2) is 4.98 Å². The second-order valence-electron chi connectivity index (χ2n) is 7.83. The highest BCUT2D eigenvalue weighted by atomic mass is 16.5. The molecule has 0 amide bonds. The molecule has 2 aliphatic rings. The van der Waals surface area contributed by atoms with E-state index in [1.54, 1.807) is 6.20 Å². The van der Waals surface area contributed by atoms with Gasteiger partial charge in [0.1, 0.15) is 0 Å². The zero-order valence-electron chi connectivity index (χ0n) is 15.8. The van der Waals surface area contributed by atoms with Gasteiger partial charge in [0.15, 0.2) is 0 Å². The maximum absolute atomic E-state index is 5.93. The van der Waals surface area contributed by atoms with Crippen molar-refractivity contribution in [2.45, 2.75) is 38.4 Å². The number of nitrogens with zero attached hydrogens (tertiary/aromatic N) is 5. The molecular formula is C20H29N5O. The molecule has 0 aromatic carbocycles. The summed E-state index contributed by atoms with van der Waals surface area (Å²) in [7, 11) is 2.28. The molecule has 26 heavy (non-hydrogen) atoms. The van der Waals surface area contributed by atoms with Crippen molar-refractivity contribution in [3.63, 3.8) is 0 Å². The van der Waals surface area contributed by atoms with E-state index in [1.165, 1.54) is 18.4 Å². The maximum Gasteiger partial charge on any atom is 0.213 e. The van der Waals surface area contributed by atoms with Crippen LogP contribution in [0.1, 0.15) is 25.3 Å². The van der Waals surface area contributed by atoms with E-state index < -0.39 is 0 Å². The lowest BCUT2D eigenvalue weighted by Gasteiger charge is -2.58. The summed E-state index contributed by atoms with van der Waals surface area (Å²) in [6.45, 7) is 8.27. The van der Waals surface area contributed by atoms with E-state index >= 15 is 0 Å². The monoisotopic (exact) mass is 355 g/mol. The molecule has 1 spiro atoms. The summed E-state index contributed by atoms with van der Waals surface area (Å²) in [4.78, 5) is 9.37. The Morgan fingerprint density at radius 1 is 1.31 bits per heavy atom. The van der Waals surface area contributed by atoms with Crippen molar-refractivity contribution in [2.24, 2.45) is 5.92 Å². The molecule has 0 N–H and O–H groups in total. The van der Waals surface area contributed by atoms with Gasteiger partial charge in [-0.15, -0.1) is 0 Å². The number of likely N-dealkylation sites (tertiary alicyclic amines) is 2. The highest BCUT2D eigenvalue weighted by Crippen LogP contribution is 2.38. The van der Waals surface area contributed by atoms with Gasteiger partial charge in [0.2, 0.25) is 5.88 Å². The predicted molar refractivity (Wildman–Crippen MR) is 101 cm³/mol. The van der Waals surface area contributed by atoms with Gasteiger partial charge in [0, 0.05) is 55.7 Å². The molecule has 0 unspecified atom stereocenters. The first-order valence-corrected chi connectivity index (χ1v) is 9.66. The van der Waals surface area contributed by atoms with Crippen LogP contribution in [0.2, 0.25) is 0 Å². The number of aryl methyl sites for hydroxylation is 1. The van der Waals surface area contributed by atoms with Gasteiger partial charge in [0.05, 0.1) is 12.8 Å². The molecule has 1 atom stereocenters. The number of rotatable bonds is 6. The van der Waals surface area contributed by atoms with Gasteiger partial charge in [-0.3, -0.25) is 14.5 Å². The fourth-order valence-corrected chi connectivity index (χ4v) is 4.37. The van der Waals surface area contributed by atoms with Gasteiger partial charge in [-0.1, -0.05) is 6.07 Å². The Kier molecular flexibility index (Phi) is 4.96. The molecule has 4 rings (SSSR count). The van der Waals surface area contributed by atoms with Crippen LogP contribution in [0.5, 0.6) is 5.88 Å². The van der Waals surface area contributed by atoms with Crippen LogP contribution >= 0.6 is 0 Å². The minimum atomic E-state index is 0.317. The van der Waals surface area contributed by atoms with E-state index in [-0.39, 0.29) is 0 Å². The smallest absolute Gasteiger partial charge is 0.213 e. The molecule has 2 aromatic heterocycles. The fourth-order valence-electron chi connectivity index (χ4n) is 4.37. The van der Waals surface area contributed by atoms with Crippen LogP contribution in [-0.4, -0.2) is 63.4 Å². The van der Waals surface area contributed by atoms with Crippen molar-refractivity contribution < 1.29 is 4.74 Å². The number of hydrogen-bond donors (Lipinski definition) is 0. The zero-order valence-corrected chi connectivity index (χ0v) is 15.8. The summed E-state index contributed by atoms with van der Waals surface area (Å²) in [5.41, 5.74) is 1.63. The molecule has 0 saturated carbocycles. The standard InChI is InChI=1S/C20H29N5O/c1-3-25-13-18(11-22-25)12-24-15-20(16-24)10-17(7-9-23(20)2)14-26-19-6-4-5-8-21-19/h4-6,8,11,13,17H,3,7,9-10,12,14-16H2,1-2H3/t17-/m1/s1. The number of hydrogen-bond acceptors (Lipinski definition) is 5. The highest BCUT2D eigenvalue weighted by Gasteiger charge is 2.49. The lowest BCUT2D eigenvalue weighted by Crippen LogP contribution is -2.71. The topological polar surface area (TPSA) is 46.4 Å². The third-order valence-electron chi connectivity index (χ3n) is 5.91. The zero-order chi connectivity index (χ0) is 18.0. The number of ether oxygens (including phenoxy) is 1. The molecule has 0 aliphatic carbocycles. The van der Waals surface area contributed by atoms with Gasteiger partial charge in [-0.05, 0) is 45.3 Å². The van der Waals surface area contributed by atoms with Gasteiger partial charge >= 0.3 is 0 Å². The Labute approximate surface area is 155 Å². The molecule has 6 heteroatoms. The quantitative estimate of drug-likeness (QED) is 0.795. The Hall–Kier alpha value is -1.92. The van der Waals surface area contributed by atoms with Crippen LogP contribution in [-0.2, 0) is 13.1 Å². The third kappa shape index (κ3) is 3.62. The molecular weight excluding hydrogens is 326 g/mol. The van der Waals surface area contributed by atoms with E-state index in [0.29, 0.717) is 11.5 Å². The Balaban J connectivity index is 1.30. The first-order chi connectivity index (χ1) is 12.7. The van der Waals surface area contributed by atoms with Crippen LogP contribution in [0.25, 0.3) is 0 Å². The summed E-state index contributed by atoms with van der Waals surface area (Å²) < 4.78 is 7.93. The van der Waals surface area contributed by atoms with Gasteiger partial charge in [0.25, 0.3) is 0 Å². The normalized spacial score (nSPS) is 23.1. The van der Waals surface area contributed by atoms with Crippen molar-refractivity contribution in [1.29, 1.82) is 0 Å². The molecule has 140 valence electrons. The van der Waals surface area contributed by atoms with E-state index in [2.05, 4.69) is 40.1 Å². The molecule has 4 heterocycles. The van der Waals surface area contributed by atoms with E-state index in [1.807, 2.05) is 29.1 Å². The molecule has 2 saturated heterocycles. The molecule has 6 nitrogen and oxygen atoms in total. The minimum Gasteiger partial charge on any atom is -0.477 e. The number of pyridine rings is 1. The van der Waals surface area contributed by atoms with E-state index in [9.17, 15) is 0 Å². The average Bonchev–Trinajstić information content (AvgIpc) is 3.09. The molecule has 2 aromatic rings. The van der Waals surface area contributed by atoms with Crippen molar-refractivity contribution in [2.75, 3.05) is 33.3 Å². The molecule has 0 bridgehead atoms. The average molecular weight is 355 g/mol. The Morgan fingerprint density at radius 3 is 2.92 bits per heavy atom. The van der Waals surface area contributed by atoms with Crippen LogP contribution in [0.3, 0.4) is 0 Å². The lowest BCUT2D eigenvalue weighted by atomic mass is 9.75. The fraction of sp³-hybridized carbons (Fsp3) is 0.600. The van der Waals surface area contributed by atoms with Gasteiger partial charge < -0.3 is 4.74 Å². The minimum absolute atomic E-state index is 0.317. The predicted octanol–water partition coefficient (Wildman–Crippen LogP) is 2.27. The van der Waals surface area contributed by atoms with Crippen molar-refractivity contribution >= 4 is 0 Å². The summed E-state index contributed by atoms with van der Waals surface area (Å²) in [6, 6.07) is 5.83. The number of aromatic nitrogens is 3. The highest BCUT2D eigenvalue weighted by molar-refractivity contribution is 5.12. The van der Waals surface area contributed by atoms with Crippen molar-refractivity contribution in [3.8, 4) is 5.88 Å². The summed E-state index contributed by atoms with van der Waals surface area (Å²) in [5, 5.41) is 4.39. The SMILES string of the molecule is CCn1cc(CN2CC3(C[C@H](COc4ccccn4)CCN3C)C2)cn1. The van der Waals surface area contributed by atoms with Crippen molar-refractivity contribution in [1.82, 2.24) is 24.6 Å². The molecule has 0 radical (unpaired) electrons. The second-order valence-corrected chi connectivity index (χ2v) is 7.83. The summed E-state index contributed by atoms with van der Waals surface area (Å²) in [6.07, 6.45) is 8.37. The third-order valence-corrected chi connectivity index (χ3v) is 5.91. The van der Waals surface area contributed by atoms with E-state index in [0.717, 1.165) is 45.2 Å². The number of piperidine rings is 1. The largest absolute Gasteiger partial charge is 0.477 e. The van der Waals surface area contributed by atoms with Crippen LogP contribution in [0.4, 0.5) is 0 Å². The molecule has 2 fully saturated rings. The van der Waals surface area contributed by atoms with Gasteiger partial charge in [-0.2, -0.15) is 5.10 Å². The van der Waals surface area contributed by atoms with Crippen LogP contribution in [0, 0.1) is 5.92 Å². The Bertz CT molecular complexity index is 710. The summed E-state index contributed by atoms with van der Waals surface area (Å²) in [5.74, 6) is 1.35. The lowest BCUT2D eigenvalue weighted by molar-refractivity contribution is -0.0875. The Morgan fingerprint density at radius 2 is 2.19 bits per heavy atom. The van der Waals surface area contributed by atoms with Crippen LogP contribution in [0.15, 0.2) is 36.8 Å². The maximum atomic E-state index is 5.93. The first kappa shape index (κ1) is 17.5. The number of likely N-dealkylation sites (N-methyl/N-ethyl adjacent to an activating group) is 1. The molecule has 2 aliphatic heterocycles. The summed E-state index contributed by atoms with van der Waals surface area (Å²) >= 11 is 0.